The molecule has 0 aliphatic heterocycles. The molecule has 1 fully saturated rings. The van der Waals surface area contributed by atoms with Crippen LogP contribution in [0.1, 0.15) is 51.2 Å². The fourth-order valence-corrected chi connectivity index (χ4v) is 2.08. The van der Waals surface area contributed by atoms with E-state index >= 15 is 0 Å². The Balaban J connectivity index is 2.15. The largest absolute Gasteiger partial charge is 0.490 e. The maximum atomic E-state index is 10.3. The Morgan fingerprint density at radius 3 is 2.56 bits per heavy atom. The molecular formula is C15H22O3. The molecule has 100 valence electrons. The molecule has 2 rings (SSSR count). The average Bonchev–Trinajstić information content (AvgIpc) is 3.21. The first-order chi connectivity index (χ1) is 8.59. The molecule has 1 aromatic rings. The third-order valence-corrected chi connectivity index (χ3v) is 3.73. The first-order valence-electron chi connectivity index (χ1n) is 6.76. The zero-order chi connectivity index (χ0) is 13.2. The van der Waals surface area contributed by atoms with Crippen molar-refractivity contribution in [2.75, 3.05) is 0 Å². The van der Waals surface area contributed by atoms with Crippen molar-refractivity contribution >= 4 is 0 Å². The van der Waals surface area contributed by atoms with Gasteiger partial charge in [-0.25, -0.2) is 0 Å². The molecular weight excluding hydrogens is 228 g/mol. The second-order valence-electron chi connectivity index (χ2n) is 5.10. The topological polar surface area (TPSA) is 49.7 Å². The summed E-state index contributed by atoms with van der Waals surface area (Å²) >= 11 is 0. The van der Waals surface area contributed by atoms with Gasteiger partial charge in [0.25, 0.3) is 0 Å². The van der Waals surface area contributed by atoms with Crippen molar-refractivity contribution < 1.29 is 14.9 Å². The van der Waals surface area contributed by atoms with Gasteiger partial charge in [-0.15, -0.1) is 0 Å². The second-order valence-corrected chi connectivity index (χ2v) is 5.10. The first-order valence-corrected chi connectivity index (χ1v) is 6.76. The van der Waals surface area contributed by atoms with Gasteiger partial charge in [-0.1, -0.05) is 26.0 Å². The number of aliphatic hydroxyl groups is 2. The van der Waals surface area contributed by atoms with Gasteiger partial charge in [0.05, 0.1) is 11.7 Å². The molecule has 0 heterocycles. The maximum absolute atomic E-state index is 10.3. The minimum atomic E-state index is -1.06. The number of rotatable bonds is 6. The van der Waals surface area contributed by atoms with Crippen molar-refractivity contribution in [1.29, 1.82) is 0 Å². The quantitative estimate of drug-likeness (QED) is 0.816. The van der Waals surface area contributed by atoms with Gasteiger partial charge in [0.2, 0.25) is 0 Å². The Hall–Kier alpha value is -1.06. The number of hydrogen-bond acceptors (Lipinski definition) is 3. The molecule has 0 bridgehead atoms. The van der Waals surface area contributed by atoms with Crippen LogP contribution in [0.2, 0.25) is 0 Å². The third kappa shape index (κ3) is 2.85. The molecule has 0 saturated heterocycles. The fraction of sp³-hybridized carbons (Fsp3) is 0.600. The van der Waals surface area contributed by atoms with E-state index in [2.05, 4.69) is 0 Å². The number of aliphatic hydroxyl groups excluding tert-OH is 1. The lowest BCUT2D eigenvalue weighted by Crippen LogP contribution is -2.34. The minimum Gasteiger partial charge on any atom is -0.490 e. The monoisotopic (exact) mass is 250 g/mol. The van der Waals surface area contributed by atoms with Gasteiger partial charge in [-0.2, -0.15) is 0 Å². The Kier molecular flexibility index (Phi) is 3.93. The smallest absolute Gasteiger partial charge is 0.120 e. The number of hydrogen-bond donors (Lipinski definition) is 2. The molecule has 0 radical (unpaired) electrons. The van der Waals surface area contributed by atoms with Crippen LogP contribution in [0.25, 0.3) is 0 Å². The van der Waals surface area contributed by atoms with Crippen LogP contribution >= 0.6 is 0 Å². The highest BCUT2D eigenvalue weighted by Gasteiger charge is 2.33. The highest BCUT2D eigenvalue weighted by atomic mass is 16.5. The van der Waals surface area contributed by atoms with Crippen LogP contribution in [0.4, 0.5) is 0 Å². The van der Waals surface area contributed by atoms with Crippen LogP contribution in [-0.2, 0) is 0 Å². The van der Waals surface area contributed by atoms with Crippen molar-refractivity contribution in [3.63, 3.8) is 0 Å². The zero-order valence-electron chi connectivity index (χ0n) is 11.1. The van der Waals surface area contributed by atoms with Crippen LogP contribution in [-0.4, -0.2) is 21.9 Å². The van der Waals surface area contributed by atoms with Crippen LogP contribution in [0.15, 0.2) is 24.3 Å². The van der Waals surface area contributed by atoms with Crippen LogP contribution in [0, 0.1) is 0 Å². The van der Waals surface area contributed by atoms with E-state index in [1.165, 1.54) is 0 Å². The lowest BCUT2D eigenvalue weighted by atomic mass is 9.86. The van der Waals surface area contributed by atoms with Crippen molar-refractivity contribution in [2.45, 2.75) is 57.3 Å². The molecule has 1 aliphatic rings. The van der Waals surface area contributed by atoms with Gasteiger partial charge in [0, 0.05) is 0 Å². The van der Waals surface area contributed by atoms with Gasteiger partial charge in [-0.05, 0) is 43.4 Å². The van der Waals surface area contributed by atoms with Gasteiger partial charge in [-0.3, -0.25) is 0 Å². The third-order valence-electron chi connectivity index (χ3n) is 3.73. The molecule has 0 aromatic heterocycles. The highest BCUT2D eigenvalue weighted by molar-refractivity contribution is 5.31. The molecule has 2 N–H and O–H groups in total. The Morgan fingerprint density at radius 1 is 1.33 bits per heavy atom. The number of ether oxygens (including phenoxy) is 1. The summed E-state index contributed by atoms with van der Waals surface area (Å²) < 4.78 is 5.70. The van der Waals surface area contributed by atoms with E-state index in [1.54, 1.807) is 0 Å². The summed E-state index contributed by atoms with van der Waals surface area (Å²) in [7, 11) is 0. The maximum Gasteiger partial charge on any atom is 0.120 e. The first kappa shape index (κ1) is 13.4. The van der Waals surface area contributed by atoms with E-state index in [0.29, 0.717) is 18.9 Å². The SMILES string of the molecule is CCC(O)(CC)C(O)c1cccc(OC2CC2)c1. The molecule has 1 aliphatic carbocycles. The predicted molar refractivity (Wildman–Crippen MR) is 70.6 cm³/mol. The minimum absolute atomic E-state index is 0.341. The zero-order valence-corrected chi connectivity index (χ0v) is 11.1. The van der Waals surface area contributed by atoms with Gasteiger partial charge in [0.1, 0.15) is 11.9 Å². The van der Waals surface area contributed by atoms with Gasteiger partial charge in [0.15, 0.2) is 0 Å². The van der Waals surface area contributed by atoms with Crippen LogP contribution < -0.4 is 4.74 Å². The molecule has 1 aromatic carbocycles. The van der Waals surface area contributed by atoms with Crippen LogP contribution in [0.3, 0.4) is 0 Å². The summed E-state index contributed by atoms with van der Waals surface area (Å²) in [4.78, 5) is 0. The van der Waals surface area contributed by atoms with E-state index in [9.17, 15) is 10.2 Å². The predicted octanol–water partition coefficient (Wildman–Crippen LogP) is 2.81. The molecule has 0 spiro atoms. The lowest BCUT2D eigenvalue weighted by molar-refractivity contribution is -0.0821. The summed E-state index contributed by atoms with van der Waals surface area (Å²) in [6.07, 6.45) is 2.75. The Morgan fingerprint density at radius 2 is 2.00 bits per heavy atom. The van der Waals surface area contributed by atoms with E-state index in [4.69, 9.17) is 4.74 Å². The summed E-state index contributed by atoms with van der Waals surface area (Å²) in [5, 5.41) is 20.7. The lowest BCUT2D eigenvalue weighted by Gasteiger charge is -2.31. The molecule has 3 nitrogen and oxygen atoms in total. The molecule has 0 amide bonds. The average molecular weight is 250 g/mol. The highest BCUT2D eigenvalue weighted by Crippen LogP contribution is 2.34. The normalized spacial score (nSPS) is 17.6. The second kappa shape index (κ2) is 5.29. The summed E-state index contributed by atoms with van der Waals surface area (Å²) in [6.45, 7) is 3.77. The summed E-state index contributed by atoms with van der Waals surface area (Å²) in [6, 6.07) is 7.42. The van der Waals surface area contributed by atoms with Crippen molar-refractivity contribution in [3.05, 3.63) is 29.8 Å². The molecule has 1 saturated carbocycles. The molecule has 18 heavy (non-hydrogen) atoms. The van der Waals surface area contributed by atoms with E-state index in [0.717, 1.165) is 24.2 Å². The Labute approximate surface area is 108 Å². The molecule has 1 unspecified atom stereocenters. The molecule has 3 heteroatoms. The number of benzene rings is 1. The molecule has 1 atom stereocenters. The summed E-state index contributed by atoms with van der Waals surface area (Å²) in [5.74, 6) is 0.781. The van der Waals surface area contributed by atoms with E-state index in [-0.39, 0.29) is 0 Å². The van der Waals surface area contributed by atoms with Crippen molar-refractivity contribution in [1.82, 2.24) is 0 Å². The fourth-order valence-electron chi connectivity index (χ4n) is 2.08. The Bertz CT molecular complexity index is 394. The van der Waals surface area contributed by atoms with Gasteiger partial charge < -0.3 is 14.9 Å². The van der Waals surface area contributed by atoms with Crippen LogP contribution in [0.5, 0.6) is 5.75 Å². The van der Waals surface area contributed by atoms with Crippen molar-refractivity contribution in [3.8, 4) is 5.75 Å². The van der Waals surface area contributed by atoms with E-state index in [1.807, 2.05) is 38.1 Å². The van der Waals surface area contributed by atoms with Gasteiger partial charge >= 0.3 is 0 Å². The standard InChI is InChI=1S/C15H22O3/c1-3-15(17,4-2)14(16)11-6-5-7-13(10-11)18-12-8-9-12/h5-7,10,12,14,16-17H,3-4,8-9H2,1-2H3. The summed E-state index contributed by atoms with van der Waals surface area (Å²) in [5.41, 5.74) is -0.336. The van der Waals surface area contributed by atoms with E-state index < -0.39 is 11.7 Å². The van der Waals surface area contributed by atoms with Crippen molar-refractivity contribution in [2.24, 2.45) is 0 Å².